The largest absolute Gasteiger partial charge is 0.357 e. The number of carbonyl (C=O) groups is 3. The normalized spacial score (nSPS) is 18.2. The summed E-state index contributed by atoms with van der Waals surface area (Å²) in [4.78, 5) is 48.9. The van der Waals surface area contributed by atoms with E-state index in [-0.39, 0.29) is 30.7 Å². The van der Waals surface area contributed by atoms with Gasteiger partial charge in [-0.3, -0.25) is 19.3 Å². The van der Waals surface area contributed by atoms with Crippen LogP contribution in [0.15, 0.2) is 72.8 Å². The van der Waals surface area contributed by atoms with Crippen molar-refractivity contribution in [2.75, 3.05) is 18.0 Å². The zero-order valence-corrected chi connectivity index (χ0v) is 19.6. The van der Waals surface area contributed by atoms with Crippen molar-refractivity contribution in [2.45, 2.75) is 25.6 Å². The summed E-state index contributed by atoms with van der Waals surface area (Å²) in [5.41, 5.74) is 5.99. The molecule has 0 saturated heterocycles. The summed E-state index contributed by atoms with van der Waals surface area (Å²) in [6, 6.07) is 22.9. The monoisotopic (exact) mass is 476 g/mol. The lowest BCUT2D eigenvalue weighted by molar-refractivity contribution is -0.132. The van der Waals surface area contributed by atoms with E-state index in [4.69, 9.17) is 0 Å². The Hall–Kier alpha value is -4.39. The highest BCUT2D eigenvalue weighted by molar-refractivity contribution is 6.16. The van der Waals surface area contributed by atoms with Crippen LogP contribution in [0.2, 0.25) is 0 Å². The molecule has 3 aliphatic heterocycles. The number of hydrogen-bond donors (Lipinski definition) is 1. The first-order chi connectivity index (χ1) is 17.6. The molecule has 7 nitrogen and oxygen atoms in total. The van der Waals surface area contributed by atoms with Crippen molar-refractivity contribution >= 4 is 34.3 Å². The number of aromatic amines is 1. The van der Waals surface area contributed by atoms with Crippen molar-refractivity contribution in [2.24, 2.45) is 0 Å². The lowest BCUT2D eigenvalue weighted by Crippen LogP contribution is -2.49. The molecular formula is C29H24N4O3. The fourth-order valence-corrected chi connectivity index (χ4v) is 5.98. The van der Waals surface area contributed by atoms with Gasteiger partial charge in [-0.05, 0) is 36.2 Å². The van der Waals surface area contributed by atoms with E-state index in [9.17, 15) is 14.4 Å². The number of anilines is 1. The van der Waals surface area contributed by atoms with Gasteiger partial charge in [-0.2, -0.15) is 0 Å². The summed E-state index contributed by atoms with van der Waals surface area (Å²) >= 11 is 0. The second-order valence-corrected chi connectivity index (χ2v) is 9.59. The number of aromatic nitrogens is 1. The summed E-state index contributed by atoms with van der Waals surface area (Å²) in [7, 11) is 0. The molecule has 3 aromatic carbocycles. The second-order valence-electron chi connectivity index (χ2n) is 9.59. The molecule has 0 unspecified atom stereocenters. The average Bonchev–Trinajstić information content (AvgIpc) is 3.43. The Labute approximate surface area is 207 Å². The van der Waals surface area contributed by atoms with Crippen molar-refractivity contribution in [3.8, 4) is 0 Å². The number of amides is 3. The third-order valence-corrected chi connectivity index (χ3v) is 7.68. The van der Waals surface area contributed by atoms with Crippen LogP contribution in [0.4, 0.5) is 5.69 Å². The Bertz CT molecular complexity index is 1570. The zero-order chi connectivity index (χ0) is 24.4. The number of nitrogens with zero attached hydrogens (tertiary/aromatic N) is 3. The van der Waals surface area contributed by atoms with E-state index in [0.717, 1.165) is 23.2 Å². The Morgan fingerprint density at radius 3 is 2.53 bits per heavy atom. The molecule has 7 heteroatoms. The number of fused-ring (bicyclic) bond motifs is 8. The topological polar surface area (TPSA) is 76.7 Å². The predicted octanol–water partition coefficient (Wildman–Crippen LogP) is 4.26. The Morgan fingerprint density at radius 1 is 0.889 bits per heavy atom. The van der Waals surface area contributed by atoms with Gasteiger partial charge in [0.1, 0.15) is 6.17 Å². The first-order valence-electron chi connectivity index (χ1n) is 12.3. The number of rotatable bonds is 3. The molecule has 1 aromatic heterocycles. The number of hydrogen-bond acceptors (Lipinski definition) is 3. The van der Waals surface area contributed by atoms with Crippen LogP contribution in [-0.2, 0) is 17.8 Å². The van der Waals surface area contributed by atoms with Gasteiger partial charge in [-0.25, -0.2) is 0 Å². The molecule has 0 saturated carbocycles. The molecular weight excluding hydrogens is 452 g/mol. The van der Waals surface area contributed by atoms with Crippen LogP contribution in [0.1, 0.15) is 50.1 Å². The van der Waals surface area contributed by atoms with Gasteiger partial charge >= 0.3 is 0 Å². The third-order valence-electron chi connectivity index (χ3n) is 7.68. The van der Waals surface area contributed by atoms with E-state index in [1.54, 1.807) is 28.0 Å². The molecule has 0 aliphatic carbocycles. The van der Waals surface area contributed by atoms with E-state index >= 15 is 0 Å². The van der Waals surface area contributed by atoms with Crippen molar-refractivity contribution in [3.05, 3.63) is 101 Å². The van der Waals surface area contributed by atoms with E-state index in [0.29, 0.717) is 29.9 Å². The minimum atomic E-state index is -0.537. The molecule has 0 radical (unpaired) electrons. The SMILES string of the molecule is O=C(CCN1C(=O)c2ccccc2N2C(=O)c3ccccc3[C@@H]12)N1CCc2c([nH]c3ccccc23)C1. The first kappa shape index (κ1) is 20.9. The summed E-state index contributed by atoms with van der Waals surface area (Å²) in [5.74, 6) is -0.259. The molecule has 1 N–H and O–H groups in total. The highest BCUT2D eigenvalue weighted by Crippen LogP contribution is 2.45. The number of nitrogens with one attached hydrogen (secondary N) is 1. The van der Waals surface area contributed by atoms with Crippen LogP contribution in [0, 0.1) is 0 Å². The number of benzene rings is 3. The first-order valence-corrected chi connectivity index (χ1v) is 12.3. The van der Waals surface area contributed by atoms with E-state index in [2.05, 4.69) is 17.1 Å². The minimum Gasteiger partial charge on any atom is -0.357 e. The standard InChI is InChI=1S/C29H24N4O3/c34-26(31-15-13-19-18-7-3-5-11-23(18)30-24(19)17-31)14-16-32-27-20-8-1-2-9-21(20)29(36)33(27)25-12-6-4-10-22(25)28(32)35/h1-12,27,30H,13-17H2/t27-/m0/s1. The highest BCUT2D eigenvalue weighted by Gasteiger charge is 2.47. The van der Waals surface area contributed by atoms with Crippen LogP contribution < -0.4 is 4.90 Å². The molecule has 4 aromatic rings. The van der Waals surface area contributed by atoms with Gasteiger partial charge in [0.25, 0.3) is 11.8 Å². The second kappa shape index (κ2) is 7.81. The lowest BCUT2D eigenvalue weighted by Gasteiger charge is -2.41. The Morgan fingerprint density at radius 2 is 1.64 bits per heavy atom. The number of H-pyrrole nitrogens is 1. The summed E-state index contributed by atoms with van der Waals surface area (Å²) < 4.78 is 0. The van der Waals surface area contributed by atoms with Gasteiger partial charge in [-0.15, -0.1) is 0 Å². The average molecular weight is 477 g/mol. The van der Waals surface area contributed by atoms with Gasteiger partial charge in [0, 0.05) is 47.2 Å². The van der Waals surface area contributed by atoms with Crippen LogP contribution in [-0.4, -0.2) is 45.6 Å². The molecule has 0 fully saturated rings. The minimum absolute atomic E-state index is 0.00937. The van der Waals surface area contributed by atoms with Crippen molar-refractivity contribution < 1.29 is 14.4 Å². The van der Waals surface area contributed by atoms with Crippen molar-refractivity contribution in [1.82, 2.24) is 14.8 Å². The van der Waals surface area contributed by atoms with Gasteiger partial charge in [0.05, 0.1) is 17.8 Å². The Kier molecular flexibility index (Phi) is 4.54. The lowest BCUT2D eigenvalue weighted by atomic mass is 10.0. The van der Waals surface area contributed by atoms with Crippen LogP contribution in [0.25, 0.3) is 10.9 Å². The van der Waals surface area contributed by atoms with Crippen LogP contribution in [0.3, 0.4) is 0 Å². The quantitative estimate of drug-likeness (QED) is 0.480. The van der Waals surface area contributed by atoms with Gasteiger partial charge in [0.2, 0.25) is 5.91 Å². The molecule has 7 rings (SSSR count). The highest BCUT2D eigenvalue weighted by atomic mass is 16.2. The van der Waals surface area contributed by atoms with Crippen molar-refractivity contribution in [1.29, 1.82) is 0 Å². The predicted molar refractivity (Wildman–Crippen MR) is 136 cm³/mol. The van der Waals surface area contributed by atoms with Crippen LogP contribution in [0.5, 0.6) is 0 Å². The van der Waals surface area contributed by atoms with E-state index in [1.165, 1.54) is 10.9 Å². The molecule has 3 aliphatic rings. The summed E-state index contributed by atoms with van der Waals surface area (Å²) in [6.07, 6.45) is 0.467. The molecule has 1 atom stereocenters. The maximum absolute atomic E-state index is 13.6. The molecule has 36 heavy (non-hydrogen) atoms. The fraction of sp³-hybridized carbons (Fsp3) is 0.207. The fourth-order valence-electron chi connectivity index (χ4n) is 5.98. The third kappa shape index (κ3) is 2.95. The maximum Gasteiger partial charge on any atom is 0.260 e. The van der Waals surface area contributed by atoms with Crippen molar-refractivity contribution in [3.63, 3.8) is 0 Å². The van der Waals surface area contributed by atoms with Gasteiger partial charge in [0.15, 0.2) is 0 Å². The smallest absolute Gasteiger partial charge is 0.260 e. The van der Waals surface area contributed by atoms with E-state index < -0.39 is 6.17 Å². The Balaban J connectivity index is 1.16. The zero-order valence-electron chi connectivity index (χ0n) is 19.6. The number of carbonyl (C=O) groups excluding carboxylic acids is 3. The van der Waals surface area contributed by atoms with Crippen LogP contribution >= 0.6 is 0 Å². The van der Waals surface area contributed by atoms with Gasteiger partial charge < -0.3 is 14.8 Å². The number of para-hydroxylation sites is 2. The molecule has 4 heterocycles. The summed E-state index contributed by atoms with van der Waals surface area (Å²) in [5, 5.41) is 1.22. The van der Waals surface area contributed by atoms with E-state index in [1.807, 2.05) is 47.4 Å². The van der Waals surface area contributed by atoms with Gasteiger partial charge in [-0.1, -0.05) is 48.5 Å². The molecule has 3 amide bonds. The molecule has 0 bridgehead atoms. The maximum atomic E-state index is 13.6. The summed E-state index contributed by atoms with van der Waals surface area (Å²) in [6.45, 7) is 1.43. The molecule has 178 valence electrons. The molecule has 0 spiro atoms.